The van der Waals surface area contributed by atoms with Crippen molar-refractivity contribution in [3.63, 3.8) is 0 Å². The molecule has 0 saturated carbocycles. The summed E-state index contributed by atoms with van der Waals surface area (Å²) in [6, 6.07) is 32.2. The number of pyridine rings is 1. The number of rotatable bonds is 6. The highest BCUT2D eigenvalue weighted by Gasteiger charge is 2.26. The lowest BCUT2D eigenvalue weighted by Crippen LogP contribution is -2.38. The summed E-state index contributed by atoms with van der Waals surface area (Å²) in [7, 11) is 0. The van der Waals surface area contributed by atoms with Crippen molar-refractivity contribution in [1.82, 2.24) is 4.98 Å². The highest BCUT2D eigenvalue weighted by Crippen LogP contribution is 2.33. The Balaban J connectivity index is 1.47. The van der Waals surface area contributed by atoms with Crippen LogP contribution < -0.4 is 9.91 Å². The van der Waals surface area contributed by atoms with E-state index in [1.165, 1.54) is 16.1 Å². The van der Waals surface area contributed by atoms with Crippen molar-refractivity contribution in [3.05, 3.63) is 121 Å². The van der Waals surface area contributed by atoms with Crippen LogP contribution in [0.15, 0.2) is 108 Å². The first-order chi connectivity index (χ1) is 17.3. The molecule has 5 heteroatoms. The second-order valence-electron chi connectivity index (χ2n) is 8.54. The van der Waals surface area contributed by atoms with Gasteiger partial charge in [-0.3, -0.25) is 9.88 Å². The van der Waals surface area contributed by atoms with Crippen molar-refractivity contribution in [2.24, 2.45) is 5.10 Å². The van der Waals surface area contributed by atoms with Gasteiger partial charge < -0.3 is 0 Å². The second kappa shape index (κ2) is 10.8. The number of hydrogen-bond acceptors (Lipinski definition) is 3. The molecule has 173 valence electrons. The fourth-order valence-corrected chi connectivity index (χ4v) is 4.59. The van der Waals surface area contributed by atoms with Gasteiger partial charge >= 0.3 is 6.03 Å². The van der Waals surface area contributed by atoms with Crippen LogP contribution in [0.5, 0.6) is 0 Å². The van der Waals surface area contributed by atoms with Gasteiger partial charge in [-0.2, -0.15) is 10.1 Å². The Hall–Kier alpha value is -4.25. The van der Waals surface area contributed by atoms with Crippen LogP contribution in [-0.4, -0.2) is 17.2 Å². The number of carbonyl (C=O) groups is 1. The summed E-state index contributed by atoms with van der Waals surface area (Å²) in [4.78, 5) is 19.9. The molecule has 1 radical (unpaired) electrons. The monoisotopic (exact) mass is 459 g/mol. The number of aryl methyl sites for hydroxylation is 1. The molecule has 5 nitrogen and oxygen atoms in total. The molecule has 0 fully saturated rings. The molecule has 0 saturated heterocycles. The lowest BCUT2D eigenvalue weighted by Gasteiger charge is -2.28. The number of benzene rings is 3. The molecule has 35 heavy (non-hydrogen) atoms. The molecule has 0 spiro atoms. The average Bonchev–Trinajstić information content (AvgIpc) is 2.93. The van der Waals surface area contributed by atoms with Gasteiger partial charge in [0.2, 0.25) is 0 Å². The van der Waals surface area contributed by atoms with Crippen LogP contribution in [0.25, 0.3) is 0 Å². The van der Waals surface area contributed by atoms with E-state index >= 15 is 0 Å². The van der Waals surface area contributed by atoms with Gasteiger partial charge in [0.1, 0.15) is 0 Å². The van der Waals surface area contributed by atoms with Gasteiger partial charge in [-0.1, -0.05) is 54.6 Å². The van der Waals surface area contributed by atoms with E-state index in [9.17, 15) is 4.79 Å². The Kier molecular flexibility index (Phi) is 6.94. The first kappa shape index (κ1) is 22.5. The van der Waals surface area contributed by atoms with Gasteiger partial charge in [-0.25, -0.2) is 4.79 Å². The predicted molar refractivity (Wildman–Crippen MR) is 141 cm³/mol. The number of fused-ring (bicyclic) bond motifs is 1. The third kappa shape index (κ3) is 5.14. The average molecular weight is 460 g/mol. The Morgan fingerprint density at radius 3 is 2.43 bits per heavy atom. The van der Waals surface area contributed by atoms with Crippen molar-refractivity contribution in [1.29, 1.82) is 0 Å². The number of anilines is 3. The maximum absolute atomic E-state index is 14.0. The summed E-state index contributed by atoms with van der Waals surface area (Å²) in [5.74, 6) is 0.385. The van der Waals surface area contributed by atoms with E-state index in [0.717, 1.165) is 31.4 Å². The molecule has 1 aliphatic carbocycles. The molecule has 0 aliphatic heterocycles. The molecule has 1 aromatic heterocycles. The van der Waals surface area contributed by atoms with Crippen molar-refractivity contribution in [2.45, 2.75) is 31.6 Å². The fourth-order valence-electron chi connectivity index (χ4n) is 4.59. The number of hydrazone groups is 1. The number of para-hydroxylation sites is 2. The summed E-state index contributed by atoms with van der Waals surface area (Å²) < 4.78 is 0. The van der Waals surface area contributed by atoms with Crippen LogP contribution in [0.2, 0.25) is 0 Å². The molecule has 1 unspecified atom stereocenters. The van der Waals surface area contributed by atoms with Crippen molar-refractivity contribution in [3.8, 4) is 0 Å². The quantitative estimate of drug-likeness (QED) is 0.227. The molecule has 2 amide bonds. The van der Waals surface area contributed by atoms with Gasteiger partial charge in [0.25, 0.3) is 0 Å². The minimum Gasteiger partial charge on any atom is -0.263 e. The van der Waals surface area contributed by atoms with Crippen LogP contribution >= 0.6 is 0 Å². The van der Waals surface area contributed by atoms with E-state index in [-0.39, 0.29) is 6.03 Å². The number of aromatic nitrogens is 1. The lowest BCUT2D eigenvalue weighted by molar-refractivity contribution is 0.253. The van der Waals surface area contributed by atoms with Gasteiger partial charge in [0.15, 0.2) is 0 Å². The summed E-state index contributed by atoms with van der Waals surface area (Å²) >= 11 is 0. The van der Waals surface area contributed by atoms with Gasteiger partial charge in [0.05, 0.1) is 23.3 Å². The Labute approximate surface area is 206 Å². The minimum atomic E-state index is -0.274. The van der Waals surface area contributed by atoms with Crippen LogP contribution in [-0.2, 0) is 6.42 Å². The molecule has 3 aromatic carbocycles. The SMILES string of the molecule is O=C(N(N=CCC1CCCc2[c]cccc21)c1ccccc1)N(c1ccccc1)c1cccnc1. The van der Waals surface area contributed by atoms with Crippen LogP contribution in [0.3, 0.4) is 0 Å². The number of hydrogen-bond donors (Lipinski definition) is 0. The van der Waals surface area contributed by atoms with E-state index in [4.69, 9.17) is 5.10 Å². The highest BCUT2D eigenvalue weighted by atomic mass is 16.2. The van der Waals surface area contributed by atoms with E-state index in [1.54, 1.807) is 17.3 Å². The maximum atomic E-state index is 14.0. The maximum Gasteiger partial charge on any atom is 0.354 e. The topological polar surface area (TPSA) is 48.8 Å². The van der Waals surface area contributed by atoms with Gasteiger partial charge in [0, 0.05) is 12.4 Å². The Bertz CT molecular complexity index is 1240. The normalized spacial score (nSPS) is 14.9. The number of carbonyl (C=O) groups excluding carboxylic acids is 1. The molecule has 4 aromatic rings. The molecule has 1 aliphatic rings. The third-order valence-corrected chi connectivity index (χ3v) is 6.28. The Morgan fingerprint density at radius 1 is 0.943 bits per heavy atom. The zero-order chi connectivity index (χ0) is 23.9. The van der Waals surface area contributed by atoms with Gasteiger partial charge in [-0.15, -0.1) is 0 Å². The summed E-state index contributed by atoms with van der Waals surface area (Å²) in [6.07, 6.45) is 9.37. The van der Waals surface area contributed by atoms with Crippen LogP contribution in [0, 0.1) is 6.07 Å². The smallest absolute Gasteiger partial charge is 0.263 e. The van der Waals surface area contributed by atoms with E-state index < -0.39 is 0 Å². The van der Waals surface area contributed by atoms with E-state index in [2.05, 4.69) is 23.2 Å². The standard InChI is InChI=1S/C30H27N4O/c35-30(33(26-14-3-1-4-15-26)28-18-10-21-31-23-28)34(27-16-5-2-6-17-27)32-22-20-25-13-9-12-24-11-7-8-19-29(24)25/h1-8,10,14-19,21-23,25H,9,12-13,20H2. The molecule has 1 atom stereocenters. The lowest BCUT2D eigenvalue weighted by atomic mass is 9.81. The van der Waals surface area contributed by atoms with Gasteiger partial charge in [-0.05, 0) is 85.2 Å². The highest BCUT2D eigenvalue weighted by molar-refractivity contribution is 6.08. The van der Waals surface area contributed by atoms with Crippen molar-refractivity contribution < 1.29 is 4.79 Å². The largest absolute Gasteiger partial charge is 0.354 e. The van der Waals surface area contributed by atoms with Crippen LogP contribution in [0.4, 0.5) is 21.9 Å². The molecule has 0 N–H and O–H groups in total. The summed E-state index contributed by atoms with van der Waals surface area (Å²) in [5, 5.41) is 6.19. The summed E-state index contributed by atoms with van der Waals surface area (Å²) in [6.45, 7) is 0. The van der Waals surface area contributed by atoms with Crippen LogP contribution in [0.1, 0.15) is 36.3 Å². The van der Waals surface area contributed by atoms with Crippen molar-refractivity contribution >= 4 is 29.3 Å². The number of urea groups is 1. The molecular formula is C30H27N4O. The van der Waals surface area contributed by atoms with E-state index in [0.29, 0.717) is 17.3 Å². The number of nitrogens with zero attached hydrogens (tertiary/aromatic N) is 4. The second-order valence-corrected chi connectivity index (χ2v) is 8.54. The van der Waals surface area contributed by atoms with E-state index in [1.807, 2.05) is 85.1 Å². The molecular weight excluding hydrogens is 432 g/mol. The van der Waals surface area contributed by atoms with Crippen molar-refractivity contribution in [2.75, 3.05) is 9.91 Å². The Morgan fingerprint density at radius 2 is 1.69 bits per heavy atom. The third-order valence-electron chi connectivity index (χ3n) is 6.28. The number of amides is 2. The fraction of sp³-hybridized carbons (Fsp3) is 0.167. The zero-order valence-corrected chi connectivity index (χ0v) is 19.5. The summed E-state index contributed by atoms with van der Waals surface area (Å²) in [5.41, 5.74) is 4.79. The molecule has 1 heterocycles. The zero-order valence-electron chi connectivity index (χ0n) is 19.5. The first-order valence-corrected chi connectivity index (χ1v) is 12.0. The molecule has 5 rings (SSSR count). The molecule has 0 bridgehead atoms. The predicted octanol–water partition coefficient (Wildman–Crippen LogP) is 7.14. The minimum absolute atomic E-state index is 0.274. The first-order valence-electron chi connectivity index (χ1n) is 12.0.